The molecule has 0 bridgehead atoms. The Morgan fingerprint density at radius 1 is 1.11 bits per heavy atom. The molecule has 1 amide bonds. The van der Waals surface area contributed by atoms with E-state index in [4.69, 9.17) is 4.74 Å². The topological polar surface area (TPSA) is 67.4 Å². The van der Waals surface area contributed by atoms with Crippen LogP contribution >= 0.6 is 22.6 Å². The molecule has 0 radical (unpaired) electrons. The number of nitrogens with one attached hydrogen (secondary N) is 2. The number of carbonyl (C=O) groups is 2. The number of halogens is 4. The maximum atomic E-state index is 12.7. The van der Waals surface area contributed by atoms with Crippen LogP contribution in [-0.4, -0.2) is 25.0 Å². The van der Waals surface area contributed by atoms with Crippen molar-refractivity contribution in [3.05, 3.63) is 57.2 Å². The van der Waals surface area contributed by atoms with Crippen molar-refractivity contribution in [3.8, 4) is 0 Å². The number of carbonyl (C=O) groups excluding carboxylic acids is 2. The van der Waals surface area contributed by atoms with Crippen molar-refractivity contribution in [1.29, 1.82) is 0 Å². The summed E-state index contributed by atoms with van der Waals surface area (Å²) in [6, 6.07) is 9.60. The fraction of sp³-hybridized carbons (Fsp3) is 0.263. The van der Waals surface area contributed by atoms with Gasteiger partial charge in [0, 0.05) is 15.8 Å². The smallest absolute Gasteiger partial charge is 0.416 e. The minimum absolute atomic E-state index is 0.0468. The minimum Gasteiger partial charge on any atom is -0.466 e. The maximum absolute atomic E-state index is 12.7. The number of rotatable bonds is 7. The number of anilines is 2. The lowest BCUT2D eigenvalue weighted by molar-refractivity contribution is -0.143. The molecule has 0 unspecified atom stereocenters. The van der Waals surface area contributed by atoms with Gasteiger partial charge in [-0.2, -0.15) is 13.2 Å². The highest BCUT2D eigenvalue weighted by Crippen LogP contribution is 2.31. The van der Waals surface area contributed by atoms with Crippen LogP contribution in [0.3, 0.4) is 0 Å². The van der Waals surface area contributed by atoms with Crippen molar-refractivity contribution in [2.24, 2.45) is 0 Å². The van der Waals surface area contributed by atoms with Gasteiger partial charge in [-0.05, 0) is 72.0 Å². The van der Waals surface area contributed by atoms with Crippen LogP contribution in [-0.2, 0) is 15.7 Å². The minimum atomic E-state index is -4.41. The molecule has 5 nitrogen and oxygen atoms in total. The van der Waals surface area contributed by atoms with E-state index < -0.39 is 23.6 Å². The molecule has 0 saturated heterocycles. The molecule has 0 heterocycles. The molecule has 0 aliphatic rings. The zero-order chi connectivity index (χ0) is 20.7. The number of hydrogen-bond donors (Lipinski definition) is 2. The van der Waals surface area contributed by atoms with Gasteiger partial charge in [-0.1, -0.05) is 0 Å². The van der Waals surface area contributed by atoms with Crippen molar-refractivity contribution in [2.75, 3.05) is 18.5 Å². The Hall–Kier alpha value is -2.30. The molecule has 0 aliphatic heterocycles. The number of alkyl halides is 3. The number of hydrogen-bond acceptors (Lipinski definition) is 4. The molecule has 2 rings (SSSR count). The van der Waals surface area contributed by atoms with Crippen LogP contribution < -0.4 is 10.6 Å². The number of amides is 1. The third kappa shape index (κ3) is 6.39. The summed E-state index contributed by atoms with van der Waals surface area (Å²) in [5, 5.41) is 5.59. The highest BCUT2D eigenvalue weighted by molar-refractivity contribution is 14.1. The predicted octanol–water partition coefficient (Wildman–Crippen LogP) is 4.74. The Balaban J connectivity index is 2.11. The third-order valence-electron chi connectivity index (χ3n) is 3.64. The molecular weight excluding hydrogens is 488 g/mol. The second-order valence-corrected chi connectivity index (χ2v) is 6.95. The SMILES string of the molecule is CCOC(=O)CCNC(=O)c1cc(I)ccc1Nc1ccc(C(F)(F)F)cc1. The van der Waals surface area contributed by atoms with E-state index in [0.717, 1.165) is 15.7 Å². The van der Waals surface area contributed by atoms with Gasteiger partial charge in [0.15, 0.2) is 0 Å². The first-order valence-corrected chi connectivity index (χ1v) is 9.46. The van der Waals surface area contributed by atoms with E-state index in [1.807, 2.05) is 0 Å². The normalized spacial score (nSPS) is 11.0. The zero-order valence-corrected chi connectivity index (χ0v) is 17.1. The summed E-state index contributed by atoms with van der Waals surface area (Å²) in [5.74, 6) is -0.814. The Morgan fingerprint density at radius 2 is 1.79 bits per heavy atom. The van der Waals surface area contributed by atoms with Gasteiger partial charge in [0.25, 0.3) is 5.91 Å². The van der Waals surface area contributed by atoms with Crippen molar-refractivity contribution >= 4 is 45.8 Å². The lowest BCUT2D eigenvalue weighted by Gasteiger charge is -2.14. The van der Waals surface area contributed by atoms with Crippen LogP contribution in [0, 0.1) is 3.57 Å². The van der Waals surface area contributed by atoms with Gasteiger partial charge in [-0.3, -0.25) is 9.59 Å². The van der Waals surface area contributed by atoms with Crippen LogP contribution in [0.5, 0.6) is 0 Å². The van der Waals surface area contributed by atoms with E-state index in [9.17, 15) is 22.8 Å². The average molecular weight is 506 g/mol. The summed E-state index contributed by atoms with van der Waals surface area (Å²) in [6.07, 6.45) is -4.36. The first-order valence-electron chi connectivity index (χ1n) is 8.38. The second-order valence-electron chi connectivity index (χ2n) is 5.70. The van der Waals surface area contributed by atoms with Gasteiger partial charge in [-0.25, -0.2) is 0 Å². The highest BCUT2D eigenvalue weighted by atomic mass is 127. The standard InChI is InChI=1S/C19H18F3IN2O3/c1-2-28-17(26)9-10-24-18(27)15-11-13(23)5-8-16(15)25-14-6-3-12(4-7-14)19(20,21)22/h3-8,11,25H,2,9-10H2,1H3,(H,24,27). The molecule has 0 saturated carbocycles. The first kappa shape index (κ1) is 22.0. The summed E-state index contributed by atoms with van der Waals surface area (Å²) in [6.45, 7) is 2.08. The molecule has 0 fully saturated rings. The summed E-state index contributed by atoms with van der Waals surface area (Å²) in [7, 11) is 0. The van der Waals surface area contributed by atoms with Gasteiger partial charge in [0.05, 0.1) is 29.8 Å². The van der Waals surface area contributed by atoms with E-state index >= 15 is 0 Å². The number of benzene rings is 2. The lowest BCUT2D eigenvalue weighted by Crippen LogP contribution is -2.27. The molecule has 2 N–H and O–H groups in total. The van der Waals surface area contributed by atoms with Crippen LogP contribution in [0.2, 0.25) is 0 Å². The second kappa shape index (κ2) is 9.76. The summed E-state index contributed by atoms with van der Waals surface area (Å²) in [5.41, 5.74) is 0.414. The van der Waals surface area contributed by atoms with Gasteiger partial charge < -0.3 is 15.4 Å². The fourth-order valence-corrected chi connectivity index (χ4v) is 2.81. The van der Waals surface area contributed by atoms with Gasteiger partial charge >= 0.3 is 12.1 Å². The largest absolute Gasteiger partial charge is 0.466 e. The monoisotopic (exact) mass is 506 g/mol. The third-order valence-corrected chi connectivity index (χ3v) is 4.31. The molecule has 0 atom stereocenters. The molecular formula is C19H18F3IN2O3. The Labute approximate surface area is 173 Å². The Morgan fingerprint density at radius 3 is 2.39 bits per heavy atom. The highest BCUT2D eigenvalue weighted by Gasteiger charge is 2.30. The summed E-state index contributed by atoms with van der Waals surface area (Å²) < 4.78 is 43.6. The average Bonchev–Trinajstić information content (AvgIpc) is 2.63. The van der Waals surface area contributed by atoms with E-state index in [2.05, 4.69) is 33.2 Å². The molecule has 0 spiro atoms. The van der Waals surface area contributed by atoms with Crippen molar-refractivity contribution in [1.82, 2.24) is 5.32 Å². The zero-order valence-electron chi connectivity index (χ0n) is 14.9. The number of ether oxygens (including phenoxy) is 1. The van der Waals surface area contributed by atoms with E-state index in [1.54, 1.807) is 25.1 Å². The molecule has 28 heavy (non-hydrogen) atoms. The lowest BCUT2D eigenvalue weighted by atomic mass is 10.1. The molecule has 2 aromatic carbocycles. The van der Waals surface area contributed by atoms with Crippen molar-refractivity contribution < 1.29 is 27.5 Å². The van der Waals surface area contributed by atoms with Crippen LogP contribution in [0.15, 0.2) is 42.5 Å². The summed E-state index contributed by atoms with van der Waals surface area (Å²) >= 11 is 2.05. The van der Waals surface area contributed by atoms with E-state index in [1.165, 1.54) is 12.1 Å². The molecule has 2 aromatic rings. The van der Waals surface area contributed by atoms with Crippen LogP contribution in [0.25, 0.3) is 0 Å². The Bertz CT molecular complexity index is 839. The Kier molecular flexibility index (Phi) is 7.67. The first-order chi connectivity index (χ1) is 13.2. The van der Waals surface area contributed by atoms with Gasteiger partial charge in [0.1, 0.15) is 0 Å². The molecule has 9 heteroatoms. The molecule has 150 valence electrons. The summed E-state index contributed by atoms with van der Waals surface area (Å²) in [4.78, 5) is 23.8. The van der Waals surface area contributed by atoms with Crippen LogP contribution in [0.4, 0.5) is 24.5 Å². The molecule has 0 aliphatic carbocycles. The van der Waals surface area contributed by atoms with Crippen LogP contribution in [0.1, 0.15) is 29.3 Å². The van der Waals surface area contributed by atoms with Crippen molar-refractivity contribution in [3.63, 3.8) is 0 Å². The van der Waals surface area contributed by atoms with E-state index in [0.29, 0.717) is 16.9 Å². The van der Waals surface area contributed by atoms with Crippen molar-refractivity contribution in [2.45, 2.75) is 19.5 Å². The van der Waals surface area contributed by atoms with Gasteiger partial charge in [0.2, 0.25) is 0 Å². The van der Waals surface area contributed by atoms with Gasteiger partial charge in [-0.15, -0.1) is 0 Å². The fourth-order valence-electron chi connectivity index (χ4n) is 2.32. The van der Waals surface area contributed by atoms with E-state index in [-0.39, 0.29) is 19.6 Å². The quantitative estimate of drug-likeness (QED) is 0.421. The number of esters is 1. The predicted molar refractivity (Wildman–Crippen MR) is 107 cm³/mol. The molecule has 0 aromatic heterocycles. The maximum Gasteiger partial charge on any atom is 0.416 e.